The minimum atomic E-state index is 0.800. The third-order valence-electron chi connectivity index (χ3n) is 4.80. The molecule has 3 heterocycles. The molecular formula is C17H23N5. The third kappa shape index (κ3) is 3.05. The zero-order valence-corrected chi connectivity index (χ0v) is 12.8. The van der Waals surface area contributed by atoms with E-state index in [0.717, 1.165) is 36.3 Å². The highest BCUT2D eigenvalue weighted by Crippen LogP contribution is 2.31. The van der Waals surface area contributed by atoms with Crippen LogP contribution in [0.3, 0.4) is 0 Å². The maximum Gasteiger partial charge on any atom is 0.0710 e. The number of nitrogens with zero attached hydrogens (tertiary/aromatic N) is 3. The molecule has 2 aromatic heterocycles. The summed E-state index contributed by atoms with van der Waals surface area (Å²) in [6, 6.07) is 4.93. The summed E-state index contributed by atoms with van der Waals surface area (Å²) in [5.74, 6) is 0.800. The van der Waals surface area contributed by atoms with Crippen molar-refractivity contribution in [3.63, 3.8) is 0 Å². The average molecular weight is 297 g/mol. The standard InChI is InChI=1S/C17H23N5/c1-2-14(9-18-6-1)17-15(11-20-21-17)10-19-8-13-5-7-22(12-13)16-3-4-16/h1-2,6,9,11,13,16,19H,3-5,7-8,10,12H2,(H,20,21). The van der Waals surface area contributed by atoms with E-state index in [0.29, 0.717) is 0 Å². The molecule has 4 rings (SSSR count). The molecule has 5 nitrogen and oxygen atoms in total. The number of pyridine rings is 1. The Morgan fingerprint density at radius 3 is 3.05 bits per heavy atom. The van der Waals surface area contributed by atoms with E-state index in [1.54, 1.807) is 6.20 Å². The lowest BCUT2D eigenvalue weighted by molar-refractivity contribution is 0.312. The van der Waals surface area contributed by atoms with Crippen molar-refractivity contribution in [1.29, 1.82) is 0 Å². The molecule has 2 N–H and O–H groups in total. The topological polar surface area (TPSA) is 56.8 Å². The second-order valence-corrected chi connectivity index (χ2v) is 6.52. The summed E-state index contributed by atoms with van der Waals surface area (Å²) in [7, 11) is 0. The summed E-state index contributed by atoms with van der Waals surface area (Å²) in [5.41, 5.74) is 3.38. The zero-order valence-electron chi connectivity index (χ0n) is 12.8. The van der Waals surface area contributed by atoms with E-state index in [-0.39, 0.29) is 0 Å². The molecule has 1 saturated carbocycles. The summed E-state index contributed by atoms with van der Waals surface area (Å²) in [5, 5.41) is 10.9. The van der Waals surface area contributed by atoms with Crippen LogP contribution >= 0.6 is 0 Å². The van der Waals surface area contributed by atoms with Crippen LogP contribution < -0.4 is 5.32 Å². The number of aromatic nitrogens is 3. The highest BCUT2D eigenvalue weighted by atomic mass is 15.2. The Labute approximate surface area is 131 Å². The summed E-state index contributed by atoms with van der Waals surface area (Å²) < 4.78 is 0. The molecule has 1 unspecified atom stereocenters. The van der Waals surface area contributed by atoms with Gasteiger partial charge in [0.15, 0.2) is 0 Å². The first-order chi connectivity index (χ1) is 10.9. The Kier molecular flexibility index (Phi) is 3.91. The lowest BCUT2D eigenvalue weighted by atomic mass is 10.1. The van der Waals surface area contributed by atoms with E-state index >= 15 is 0 Å². The first-order valence-corrected chi connectivity index (χ1v) is 8.27. The number of hydrogen-bond acceptors (Lipinski definition) is 4. The van der Waals surface area contributed by atoms with Gasteiger partial charge in [0.25, 0.3) is 0 Å². The molecule has 0 bridgehead atoms. The molecule has 0 aromatic carbocycles. The maximum atomic E-state index is 4.19. The summed E-state index contributed by atoms with van der Waals surface area (Å²) >= 11 is 0. The Hall–Kier alpha value is -1.72. The fourth-order valence-corrected chi connectivity index (χ4v) is 3.42. The second-order valence-electron chi connectivity index (χ2n) is 6.52. The number of rotatable bonds is 6. The molecule has 22 heavy (non-hydrogen) atoms. The maximum absolute atomic E-state index is 4.19. The number of hydrogen-bond donors (Lipinski definition) is 2. The Balaban J connectivity index is 1.30. The molecule has 2 aliphatic rings. The average Bonchev–Trinajstić information content (AvgIpc) is 3.12. The zero-order chi connectivity index (χ0) is 14.8. The Morgan fingerprint density at radius 1 is 1.27 bits per heavy atom. The van der Waals surface area contributed by atoms with Crippen LogP contribution in [0, 0.1) is 5.92 Å². The van der Waals surface area contributed by atoms with Crippen molar-refractivity contribution in [2.45, 2.75) is 31.8 Å². The minimum Gasteiger partial charge on any atom is -0.312 e. The third-order valence-corrected chi connectivity index (χ3v) is 4.80. The van der Waals surface area contributed by atoms with Gasteiger partial charge in [0.05, 0.1) is 11.9 Å². The lowest BCUT2D eigenvalue weighted by Gasteiger charge is -2.15. The summed E-state index contributed by atoms with van der Waals surface area (Å²) in [6.07, 6.45) is 9.77. The molecule has 1 aliphatic carbocycles. The van der Waals surface area contributed by atoms with Crippen molar-refractivity contribution < 1.29 is 0 Å². The van der Waals surface area contributed by atoms with Crippen LogP contribution in [0.15, 0.2) is 30.7 Å². The highest BCUT2D eigenvalue weighted by Gasteiger charge is 2.33. The number of nitrogens with one attached hydrogen (secondary N) is 2. The molecule has 0 spiro atoms. The van der Waals surface area contributed by atoms with E-state index in [2.05, 4.69) is 31.5 Å². The van der Waals surface area contributed by atoms with Crippen LogP contribution in [0.4, 0.5) is 0 Å². The molecule has 5 heteroatoms. The van der Waals surface area contributed by atoms with Crippen molar-refractivity contribution in [2.24, 2.45) is 5.92 Å². The fourth-order valence-electron chi connectivity index (χ4n) is 3.42. The summed E-state index contributed by atoms with van der Waals surface area (Å²) in [6.45, 7) is 4.53. The highest BCUT2D eigenvalue weighted by molar-refractivity contribution is 5.61. The molecule has 2 fully saturated rings. The van der Waals surface area contributed by atoms with Crippen LogP contribution in [-0.2, 0) is 6.54 Å². The predicted molar refractivity (Wildman–Crippen MR) is 86.2 cm³/mol. The van der Waals surface area contributed by atoms with E-state index < -0.39 is 0 Å². The minimum absolute atomic E-state index is 0.800. The van der Waals surface area contributed by atoms with Crippen LogP contribution in [-0.4, -0.2) is 45.8 Å². The molecule has 1 aliphatic heterocycles. The van der Waals surface area contributed by atoms with Crippen molar-refractivity contribution in [2.75, 3.05) is 19.6 Å². The van der Waals surface area contributed by atoms with Gasteiger partial charge >= 0.3 is 0 Å². The molecule has 116 valence electrons. The molecule has 0 radical (unpaired) electrons. The molecular weight excluding hydrogens is 274 g/mol. The van der Waals surface area contributed by atoms with Crippen molar-refractivity contribution >= 4 is 0 Å². The number of H-pyrrole nitrogens is 1. The molecule has 2 aromatic rings. The van der Waals surface area contributed by atoms with Crippen LogP contribution in [0.5, 0.6) is 0 Å². The van der Waals surface area contributed by atoms with Crippen LogP contribution in [0.25, 0.3) is 11.3 Å². The van der Waals surface area contributed by atoms with E-state index in [1.165, 1.54) is 37.9 Å². The van der Waals surface area contributed by atoms with Gasteiger partial charge in [-0.1, -0.05) is 0 Å². The fraction of sp³-hybridized carbons (Fsp3) is 0.529. The number of aromatic amines is 1. The first kappa shape index (κ1) is 13.9. The molecule has 0 amide bonds. The van der Waals surface area contributed by atoms with E-state index in [9.17, 15) is 0 Å². The van der Waals surface area contributed by atoms with E-state index in [1.807, 2.05) is 18.5 Å². The predicted octanol–water partition coefficient (Wildman–Crippen LogP) is 2.05. The molecule has 1 atom stereocenters. The van der Waals surface area contributed by atoms with Gasteiger partial charge in [-0.25, -0.2) is 0 Å². The monoisotopic (exact) mass is 297 g/mol. The van der Waals surface area contributed by atoms with E-state index in [4.69, 9.17) is 0 Å². The quantitative estimate of drug-likeness (QED) is 0.857. The number of likely N-dealkylation sites (tertiary alicyclic amines) is 1. The normalized spacial score (nSPS) is 22.3. The smallest absolute Gasteiger partial charge is 0.0710 e. The van der Waals surface area contributed by atoms with Crippen LogP contribution in [0.2, 0.25) is 0 Å². The van der Waals surface area contributed by atoms with Crippen molar-refractivity contribution in [3.8, 4) is 11.3 Å². The Bertz CT molecular complexity index is 605. The summed E-state index contributed by atoms with van der Waals surface area (Å²) in [4.78, 5) is 6.85. The van der Waals surface area contributed by atoms with Gasteiger partial charge in [-0.05, 0) is 50.4 Å². The lowest BCUT2D eigenvalue weighted by Crippen LogP contribution is -2.27. The van der Waals surface area contributed by atoms with Gasteiger partial charge in [0.2, 0.25) is 0 Å². The van der Waals surface area contributed by atoms with Crippen molar-refractivity contribution in [3.05, 3.63) is 36.3 Å². The van der Waals surface area contributed by atoms with Gasteiger partial charge in [-0.15, -0.1) is 0 Å². The Morgan fingerprint density at radius 2 is 2.23 bits per heavy atom. The largest absolute Gasteiger partial charge is 0.312 e. The van der Waals surface area contributed by atoms with Crippen molar-refractivity contribution in [1.82, 2.24) is 25.4 Å². The molecule has 1 saturated heterocycles. The first-order valence-electron chi connectivity index (χ1n) is 8.27. The SMILES string of the molecule is c1cncc(-c2[nH]ncc2CNCC2CCN(C3CC3)C2)c1. The van der Waals surface area contributed by atoms with Gasteiger partial charge in [0.1, 0.15) is 0 Å². The second kappa shape index (κ2) is 6.18. The van der Waals surface area contributed by atoms with Crippen LogP contribution in [0.1, 0.15) is 24.8 Å². The van der Waals surface area contributed by atoms with Gasteiger partial charge in [0, 0.05) is 42.7 Å². The van der Waals surface area contributed by atoms with Gasteiger partial charge < -0.3 is 10.2 Å². The van der Waals surface area contributed by atoms with Gasteiger partial charge in [-0.3, -0.25) is 10.1 Å². The van der Waals surface area contributed by atoms with Gasteiger partial charge in [-0.2, -0.15) is 5.10 Å².